The van der Waals surface area contributed by atoms with Gasteiger partial charge < -0.3 is 24.8 Å². The van der Waals surface area contributed by atoms with Crippen molar-refractivity contribution in [1.82, 2.24) is 24.7 Å². The van der Waals surface area contributed by atoms with Gasteiger partial charge in [-0.25, -0.2) is 17.5 Å². The maximum absolute atomic E-state index is 13.1. The van der Waals surface area contributed by atoms with Crippen molar-refractivity contribution in [2.75, 3.05) is 33.3 Å². The van der Waals surface area contributed by atoms with Gasteiger partial charge in [-0.15, -0.1) is 0 Å². The third-order valence-corrected chi connectivity index (χ3v) is 6.32. The Bertz CT molecular complexity index is 1130. The van der Waals surface area contributed by atoms with E-state index in [1.54, 1.807) is 25.1 Å². The van der Waals surface area contributed by atoms with Crippen molar-refractivity contribution in [3.8, 4) is 0 Å². The van der Waals surface area contributed by atoms with Crippen LogP contribution in [0.5, 0.6) is 0 Å². The molecule has 0 saturated carbocycles. The SMILES string of the molecule is CCN1CCN(C(=O)NC(C(=O)NC2(OC)CN(S(=O)(=O)[O-])C2=O)c2ccccc2)C(=O)C1=O.[Na+]. The van der Waals surface area contributed by atoms with Crippen LogP contribution < -0.4 is 40.2 Å². The number of ether oxygens (including phenoxy) is 1. The first-order valence-corrected chi connectivity index (χ1v) is 11.4. The summed E-state index contributed by atoms with van der Waals surface area (Å²) in [6, 6.07) is 5.29. The first-order valence-electron chi connectivity index (χ1n) is 10.1. The molecule has 0 radical (unpaired) electrons. The minimum absolute atomic E-state index is 0. The van der Waals surface area contributed by atoms with Gasteiger partial charge in [0.25, 0.3) is 5.91 Å². The molecule has 3 rings (SSSR count). The zero-order valence-electron chi connectivity index (χ0n) is 19.2. The van der Waals surface area contributed by atoms with Crippen LogP contribution in [0.2, 0.25) is 0 Å². The van der Waals surface area contributed by atoms with E-state index in [2.05, 4.69) is 10.6 Å². The van der Waals surface area contributed by atoms with E-state index in [4.69, 9.17) is 4.74 Å². The number of β-lactam (4-membered cyclic amide) rings is 1. The molecule has 2 unspecified atom stereocenters. The second-order valence-electron chi connectivity index (χ2n) is 7.42. The Balaban J connectivity index is 0.00000432. The fourth-order valence-corrected chi connectivity index (χ4v) is 4.21. The van der Waals surface area contributed by atoms with Crippen molar-refractivity contribution in [2.45, 2.75) is 18.7 Å². The van der Waals surface area contributed by atoms with E-state index < -0.39 is 58.3 Å². The van der Waals surface area contributed by atoms with Gasteiger partial charge in [0.05, 0.1) is 6.54 Å². The third-order valence-electron chi connectivity index (χ3n) is 5.48. The fourth-order valence-electron chi connectivity index (χ4n) is 3.52. The number of imide groups is 1. The van der Waals surface area contributed by atoms with Crippen molar-refractivity contribution in [3.05, 3.63) is 35.9 Å². The summed E-state index contributed by atoms with van der Waals surface area (Å²) in [7, 11) is -4.08. The molecule has 6 amide bonds. The average Bonchev–Trinajstić information content (AvgIpc) is 2.80. The van der Waals surface area contributed by atoms with Crippen LogP contribution in [0.3, 0.4) is 0 Å². The molecular formula is C19H22N5NaO9S. The number of likely N-dealkylation sites (N-methyl/N-ethyl adjacent to an activating group) is 1. The monoisotopic (exact) mass is 519 g/mol. The Morgan fingerprint density at radius 2 is 1.77 bits per heavy atom. The number of nitrogens with one attached hydrogen (secondary N) is 2. The van der Waals surface area contributed by atoms with Crippen LogP contribution in [0.1, 0.15) is 18.5 Å². The Morgan fingerprint density at radius 3 is 2.29 bits per heavy atom. The number of piperazine rings is 1. The number of nitrogens with zero attached hydrogens (tertiary/aromatic N) is 3. The van der Waals surface area contributed by atoms with E-state index >= 15 is 0 Å². The minimum Gasteiger partial charge on any atom is -0.731 e. The van der Waals surface area contributed by atoms with Gasteiger partial charge in [0.1, 0.15) is 6.04 Å². The quantitative estimate of drug-likeness (QED) is 0.117. The topological polar surface area (TPSA) is 186 Å². The summed E-state index contributed by atoms with van der Waals surface area (Å²) < 4.78 is 38.4. The van der Waals surface area contributed by atoms with Gasteiger partial charge in [-0.2, -0.15) is 0 Å². The fraction of sp³-hybridized carbons (Fsp3) is 0.421. The first-order chi connectivity index (χ1) is 15.9. The molecule has 0 aliphatic carbocycles. The molecule has 2 N–H and O–H groups in total. The predicted molar refractivity (Wildman–Crippen MR) is 111 cm³/mol. The van der Waals surface area contributed by atoms with Crippen LogP contribution in [0, 0.1) is 0 Å². The second kappa shape index (κ2) is 11.0. The molecule has 2 saturated heterocycles. The molecule has 2 atom stereocenters. The van der Waals surface area contributed by atoms with Gasteiger partial charge in [0, 0.05) is 26.7 Å². The molecule has 2 fully saturated rings. The molecule has 0 spiro atoms. The number of hydrogen-bond donors (Lipinski definition) is 2. The van der Waals surface area contributed by atoms with Crippen molar-refractivity contribution in [3.63, 3.8) is 0 Å². The maximum atomic E-state index is 13.1. The van der Waals surface area contributed by atoms with Crippen molar-refractivity contribution < 1.29 is 71.2 Å². The molecule has 2 aliphatic rings. The van der Waals surface area contributed by atoms with Gasteiger partial charge in [0.2, 0.25) is 11.6 Å². The predicted octanol–water partition coefficient (Wildman–Crippen LogP) is -5.11. The first kappa shape index (κ1) is 28.7. The standard InChI is InChI=1S/C19H23N5O9S.Na/c1-3-22-9-10-23(16(27)15(22)26)18(29)20-13(12-7-5-4-6-8-12)14(25)21-19(33-2)11-24(17(19)28)34(30,31)32;/h4-8,13H,3,9-11H2,1-2H3,(H,20,29)(H,21,25)(H,30,31,32);/q;+1/p-1. The minimum atomic E-state index is -5.10. The number of benzene rings is 1. The van der Waals surface area contributed by atoms with Crippen LogP contribution in [-0.2, 0) is 34.2 Å². The summed E-state index contributed by atoms with van der Waals surface area (Å²) in [6.45, 7) is 1.24. The van der Waals surface area contributed by atoms with E-state index in [1.165, 1.54) is 17.0 Å². The molecule has 1 aromatic rings. The normalized spacial score (nSPS) is 21.1. The molecule has 1 aromatic carbocycles. The van der Waals surface area contributed by atoms with Gasteiger partial charge >= 0.3 is 47.4 Å². The van der Waals surface area contributed by atoms with Crippen molar-refractivity contribution in [1.29, 1.82) is 0 Å². The summed E-state index contributed by atoms with van der Waals surface area (Å²) in [4.78, 5) is 64.6. The number of urea groups is 1. The third kappa shape index (κ3) is 5.65. The largest absolute Gasteiger partial charge is 1.00 e. The molecule has 0 bridgehead atoms. The second-order valence-corrected chi connectivity index (χ2v) is 8.72. The Morgan fingerprint density at radius 1 is 1.14 bits per heavy atom. The van der Waals surface area contributed by atoms with Crippen LogP contribution in [-0.4, -0.2) is 95.7 Å². The number of carbonyl (C=O) groups excluding carboxylic acids is 5. The summed E-state index contributed by atoms with van der Waals surface area (Å²) in [5.74, 6) is -4.20. The van der Waals surface area contributed by atoms with Crippen LogP contribution in [0.15, 0.2) is 30.3 Å². The van der Waals surface area contributed by atoms with Crippen molar-refractivity contribution >= 4 is 40.0 Å². The Labute approximate surface area is 223 Å². The summed E-state index contributed by atoms with van der Waals surface area (Å²) in [5, 5.41) is 4.59. The molecule has 2 aliphatic heterocycles. The van der Waals surface area contributed by atoms with E-state index in [9.17, 15) is 36.9 Å². The number of rotatable bonds is 7. The van der Waals surface area contributed by atoms with Crippen LogP contribution in [0.4, 0.5) is 4.79 Å². The molecule has 2 heterocycles. The molecule has 0 aromatic heterocycles. The smallest absolute Gasteiger partial charge is 0.731 e. The molecule has 184 valence electrons. The number of hydrogen-bond acceptors (Lipinski definition) is 9. The summed E-state index contributed by atoms with van der Waals surface area (Å²) >= 11 is 0. The molecule has 16 heteroatoms. The van der Waals surface area contributed by atoms with Crippen LogP contribution >= 0.6 is 0 Å². The zero-order chi connectivity index (χ0) is 25.3. The van der Waals surface area contributed by atoms with Gasteiger partial charge in [-0.05, 0) is 12.5 Å². The molecular weight excluding hydrogens is 497 g/mol. The Hall–Kier alpha value is -2.56. The van der Waals surface area contributed by atoms with E-state index in [0.29, 0.717) is 4.90 Å². The van der Waals surface area contributed by atoms with Gasteiger partial charge in [-0.1, -0.05) is 30.3 Å². The van der Waals surface area contributed by atoms with E-state index in [0.717, 1.165) is 7.11 Å². The van der Waals surface area contributed by atoms with Crippen molar-refractivity contribution in [2.24, 2.45) is 0 Å². The average molecular weight is 519 g/mol. The van der Waals surface area contributed by atoms with E-state index in [-0.39, 0.29) is 59.1 Å². The molecule has 35 heavy (non-hydrogen) atoms. The Kier molecular flexibility index (Phi) is 9.02. The summed E-state index contributed by atoms with van der Waals surface area (Å²) in [6.07, 6.45) is 0. The van der Waals surface area contributed by atoms with Gasteiger partial charge in [-0.3, -0.25) is 24.1 Å². The summed E-state index contributed by atoms with van der Waals surface area (Å²) in [5.41, 5.74) is -1.88. The number of methoxy groups -OCH3 is 1. The van der Waals surface area contributed by atoms with Crippen LogP contribution in [0.25, 0.3) is 0 Å². The van der Waals surface area contributed by atoms with Gasteiger partial charge in [0.15, 0.2) is 10.3 Å². The molecule has 14 nitrogen and oxygen atoms in total. The van der Waals surface area contributed by atoms with E-state index in [1.807, 2.05) is 0 Å². The maximum Gasteiger partial charge on any atom is 1.00 e. The number of amides is 6. The number of carbonyl (C=O) groups is 5. The zero-order valence-corrected chi connectivity index (χ0v) is 22.0.